The lowest BCUT2D eigenvalue weighted by Gasteiger charge is -2.20. The monoisotopic (exact) mass is 352 g/mol. The van der Waals surface area contributed by atoms with E-state index in [9.17, 15) is 9.18 Å². The van der Waals surface area contributed by atoms with Crippen LogP contribution in [0.25, 0.3) is 0 Å². The van der Waals surface area contributed by atoms with E-state index in [2.05, 4.69) is 20.8 Å². The van der Waals surface area contributed by atoms with Crippen molar-refractivity contribution < 1.29 is 13.7 Å². The van der Waals surface area contributed by atoms with Crippen molar-refractivity contribution in [2.45, 2.75) is 38.5 Å². The van der Waals surface area contributed by atoms with Gasteiger partial charge in [-0.25, -0.2) is 9.18 Å². The van der Waals surface area contributed by atoms with Gasteiger partial charge in [-0.3, -0.25) is 0 Å². The summed E-state index contributed by atoms with van der Waals surface area (Å²) in [4.78, 5) is 16.2. The SMILES string of the molecule is Cc1cc(NC(=O)NCCc2noc(C3CCC3)n2)c(Cl)cc1F. The number of hydrogen-bond donors (Lipinski definition) is 2. The normalized spacial score (nSPS) is 14.3. The molecule has 1 heterocycles. The average Bonchev–Trinajstić information content (AvgIpc) is 2.91. The minimum atomic E-state index is -0.425. The molecule has 0 unspecified atom stereocenters. The van der Waals surface area contributed by atoms with Gasteiger partial charge in [-0.05, 0) is 37.5 Å². The molecular formula is C16H18ClFN4O2. The third kappa shape index (κ3) is 3.84. The number of hydrogen-bond acceptors (Lipinski definition) is 4. The number of carbonyl (C=O) groups excluding carboxylic acids is 1. The first-order valence-electron chi connectivity index (χ1n) is 7.86. The molecule has 0 atom stereocenters. The van der Waals surface area contributed by atoms with Crippen molar-refractivity contribution in [2.75, 3.05) is 11.9 Å². The van der Waals surface area contributed by atoms with Crippen molar-refractivity contribution in [3.63, 3.8) is 0 Å². The number of nitrogens with zero attached hydrogens (tertiary/aromatic N) is 2. The summed E-state index contributed by atoms with van der Waals surface area (Å²) in [5, 5.41) is 9.34. The zero-order valence-electron chi connectivity index (χ0n) is 13.2. The molecule has 24 heavy (non-hydrogen) atoms. The summed E-state index contributed by atoms with van der Waals surface area (Å²) in [6.07, 6.45) is 3.87. The molecule has 1 saturated carbocycles. The van der Waals surface area contributed by atoms with Crippen LogP contribution in [0.15, 0.2) is 16.7 Å². The summed E-state index contributed by atoms with van der Waals surface area (Å²) < 4.78 is 18.6. The first-order chi connectivity index (χ1) is 11.5. The highest BCUT2D eigenvalue weighted by molar-refractivity contribution is 6.33. The molecule has 2 aromatic rings. The molecular weight excluding hydrogens is 335 g/mol. The Hall–Kier alpha value is -2.15. The summed E-state index contributed by atoms with van der Waals surface area (Å²) in [6, 6.07) is 2.24. The van der Waals surface area contributed by atoms with Gasteiger partial charge in [0, 0.05) is 18.9 Å². The number of aryl methyl sites for hydroxylation is 1. The van der Waals surface area contributed by atoms with Gasteiger partial charge in [0.1, 0.15) is 5.82 Å². The third-order valence-corrected chi connectivity index (χ3v) is 4.38. The fourth-order valence-corrected chi connectivity index (χ4v) is 2.60. The molecule has 1 aliphatic carbocycles. The predicted octanol–water partition coefficient (Wildman–Crippen LogP) is 3.80. The van der Waals surface area contributed by atoms with E-state index in [4.69, 9.17) is 16.1 Å². The Labute approximate surface area is 143 Å². The van der Waals surface area contributed by atoms with Crippen LogP contribution >= 0.6 is 11.6 Å². The average molecular weight is 353 g/mol. The van der Waals surface area contributed by atoms with Crippen LogP contribution in [0.5, 0.6) is 0 Å². The number of nitrogens with one attached hydrogen (secondary N) is 2. The van der Waals surface area contributed by atoms with Gasteiger partial charge in [0.15, 0.2) is 5.82 Å². The van der Waals surface area contributed by atoms with E-state index >= 15 is 0 Å². The topological polar surface area (TPSA) is 80.0 Å². The number of aromatic nitrogens is 2. The Balaban J connectivity index is 1.47. The molecule has 128 valence electrons. The highest BCUT2D eigenvalue weighted by atomic mass is 35.5. The zero-order valence-corrected chi connectivity index (χ0v) is 14.0. The van der Waals surface area contributed by atoms with Crippen molar-refractivity contribution in [3.8, 4) is 0 Å². The standard InChI is InChI=1S/C16H18ClFN4O2/c1-9-7-13(11(17)8-12(9)18)20-16(23)19-6-5-14-21-15(24-22-14)10-3-2-4-10/h7-8,10H,2-6H2,1H3,(H2,19,20,23). The highest BCUT2D eigenvalue weighted by Crippen LogP contribution is 2.35. The van der Waals surface area contributed by atoms with Crippen molar-refractivity contribution in [2.24, 2.45) is 0 Å². The van der Waals surface area contributed by atoms with Gasteiger partial charge in [0.05, 0.1) is 10.7 Å². The van der Waals surface area contributed by atoms with Crippen LogP contribution in [0.2, 0.25) is 5.02 Å². The molecule has 0 aliphatic heterocycles. The molecule has 0 bridgehead atoms. The van der Waals surface area contributed by atoms with E-state index in [1.165, 1.54) is 18.6 Å². The van der Waals surface area contributed by atoms with E-state index in [-0.39, 0.29) is 5.02 Å². The third-order valence-electron chi connectivity index (χ3n) is 4.07. The second-order valence-electron chi connectivity index (χ2n) is 5.89. The van der Waals surface area contributed by atoms with E-state index in [1.807, 2.05) is 0 Å². The highest BCUT2D eigenvalue weighted by Gasteiger charge is 2.25. The largest absolute Gasteiger partial charge is 0.339 e. The second-order valence-corrected chi connectivity index (χ2v) is 6.30. The van der Waals surface area contributed by atoms with Gasteiger partial charge in [0.2, 0.25) is 5.89 Å². The quantitative estimate of drug-likeness (QED) is 0.857. The van der Waals surface area contributed by atoms with Crippen LogP contribution < -0.4 is 10.6 Å². The molecule has 6 nitrogen and oxygen atoms in total. The number of amides is 2. The van der Waals surface area contributed by atoms with E-state index in [1.54, 1.807) is 6.92 Å². The molecule has 3 rings (SSSR count). The molecule has 1 aromatic carbocycles. The lowest BCUT2D eigenvalue weighted by molar-refractivity contribution is 0.252. The number of rotatable bonds is 5. The van der Waals surface area contributed by atoms with Crippen molar-refractivity contribution >= 4 is 23.3 Å². The molecule has 0 spiro atoms. The summed E-state index contributed by atoms with van der Waals surface area (Å²) >= 11 is 5.91. The van der Waals surface area contributed by atoms with Crippen LogP contribution in [0.4, 0.5) is 14.9 Å². The Morgan fingerprint density at radius 1 is 1.46 bits per heavy atom. The van der Waals surface area contributed by atoms with Crippen LogP contribution in [0.1, 0.15) is 42.5 Å². The van der Waals surface area contributed by atoms with Gasteiger partial charge in [-0.2, -0.15) is 4.98 Å². The number of carbonyl (C=O) groups is 1. The van der Waals surface area contributed by atoms with Gasteiger partial charge < -0.3 is 15.2 Å². The van der Waals surface area contributed by atoms with Crippen LogP contribution in [-0.4, -0.2) is 22.7 Å². The Morgan fingerprint density at radius 2 is 2.25 bits per heavy atom. The van der Waals surface area contributed by atoms with Gasteiger partial charge in [-0.15, -0.1) is 0 Å². The van der Waals surface area contributed by atoms with E-state index in [0.717, 1.165) is 12.8 Å². The molecule has 1 fully saturated rings. The Morgan fingerprint density at radius 3 is 2.96 bits per heavy atom. The minimum absolute atomic E-state index is 0.150. The lowest BCUT2D eigenvalue weighted by atomic mass is 9.85. The maximum atomic E-state index is 13.3. The van der Waals surface area contributed by atoms with Crippen LogP contribution in [-0.2, 0) is 6.42 Å². The maximum absolute atomic E-state index is 13.3. The van der Waals surface area contributed by atoms with Gasteiger partial charge in [0.25, 0.3) is 0 Å². The molecule has 1 aromatic heterocycles. The summed E-state index contributed by atoms with van der Waals surface area (Å²) in [5.74, 6) is 1.25. The van der Waals surface area contributed by atoms with Crippen LogP contribution in [0.3, 0.4) is 0 Å². The fourth-order valence-electron chi connectivity index (χ4n) is 2.40. The number of benzene rings is 1. The molecule has 8 heteroatoms. The Bertz CT molecular complexity index is 746. The zero-order chi connectivity index (χ0) is 17.1. The fraction of sp³-hybridized carbons (Fsp3) is 0.438. The minimum Gasteiger partial charge on any atom is -0.339 e. The molecule has 2 amide bonds. The second kappa shape index (κ2) is 7.17. The predicted molar refractivity (Wildman–Crippen MR) is 87.8 cm³/mol. The van der Waals surface area contributed by atoms with E-state index in [0.29, 0.717) is 41.8 Å². The molecule has 2 N–H and O–H groups in total. The lowest BCUT2D eigenvalue weighted by Crippen LogP contribution is -2.30. The number of anilines is 1. The first-order valence-corrected chi connectivity index (χ1v) is 8.23. The van der Waals surface area contributed by atoms with Gasteiger partial charge in [-0.1, -0.05) is 23.2 Å². The maximum Gasteiger partial charge on any atom is 0.319 e. The van der Waals surface area contributed by atoms with Crippen LogP contribution in [0, 0.1) is 12.7 Å². The molecule has 0 saturated heterocycles. The van der Waals surface area contributed by atoms with E-state index < -0.39 is 11.8 Å². The summed E-state index contributed by atoms with van der Waals surface area (Å²) in [6.45, 7) is 1.96. The summed E-state index contributed by atoms with van der Waals surface area (Å²) in [5.41, 5.74) is 0.768. The summed E-state index contributed by atoms with van der Waals surface area (Å²) in [7, 11) is 0. The van der Waals surface area contributed by atoms with Crippen molar-refractivity contribution in [1.29, 1.82) is 0 Å². The molecule has 0 radical (unpaired) electrons. The van der Waals surface area contributed by atoms with Crippen molar-refractivity contribution in [1.82, 2.24) is 15.5 Å². The van der Waals surface area contributed by atoms with Crippen molar-refractivity contribution in [3.05, 3.63) is 40.3 Å². The number of urea groups is 1. The molecule has 1 aliphatic rings. The Kier molecular flexibility index (Phi) is 4.99. The first kappa shape index (κ1) is 16.7. The smallest absolute Gasteiger partial charge is 0.319 e. The number of halogens is 2. The van der Waals surface area contributed by atoms with Gasteiger partial charge >= 0.3 is 6.03 Å².